The first-order valence-electron chi connectivity index (χ1n) is 7.83. The molecule has 18 heavy (non-hydrogen) atoms. The van der Waals surface area contributed by atoms with Gasteiger partial charge in [-0.25, -0.2) is 0 Å². The van der Waals surface area contributed by atoms with E-state index in [4.69, 9.17) is 5.73 Å². The lowest BCUT2D eigenvalue weighted by Gasteiger charge is -2.46. The lowest BCUT2D eigenvalue weighted by molar-refractivity contribution is 0.0446. The van der Waals surface area contributed by atoms with Crippen molar-refractivity contribution in [1.82, 2.24) is 9.80 Å². The van der Waals surface area contributed by atoms with Crippen LogP contribution < -0.4 is 5.73 Å². The third-order valence-electron chi connectivity index (χ3n) is 5.18. The Kier molecular flexibility index (Phi) is 5.05. The summed E-state index contributed by atoms with van der Waals surface area (Å²) < 4.78 is 0. The van der Waals surface area contributed by atoms with Crippen LogP contribution in [0.5, 0.6) is 0 Å². The summed E-state index contributed by atoms with van der Waals surface area (Å²) in [7, 11) is 2.25. The van der Waals surface area contributed by atoms with E-state index in [0.29, 0.717) is 0 Å². The van der Waals surface area contributed by atoms with Crippen LogP contribution in [0.2, 0.25) is 0 Å². The monoisotopic (exact) mass is 253 g/mol. The van der Waals surface area contributed by atoms with E-state index in [-0.39, 0.29) is 5.54 Å². The molecule has 0 bridgehead atoms. The van der Waals surface area contributed by atoms with Crippen LogP contribution in [-0.4, -0.2) is 54.6 Å². The number of hydrogen-bond acceptors (Lipinski definition) is 3. The van der Waals surface area contributed by atoms with Gasteiger partial charge in [-0.15, -0.1) is 0 Å². The van der Waals surface area contributed by atoms with E-state index in [9.17, 15) is 0 Å². The molecule has 2 N–H and O–H groups in total. The second-order valence-electron chi connectivity index (χ2n) is 6.48. The van der Waals surface area contributed by atoms with Gasteiger partial charge >= 0.3 is 0 Å². The second-order valence-corrected chi connectivity index (χ2v) is 6.48. The minimum absolute atomic E-state index is 0.286. The summed E-state index contributed by atoms with van der Waals surface area (Å²) in [5.41, 5.74) is 6.52. The second kappa shape index (κ2) is 6.36. The molecule has 0 aromatic heterocycles. The number of nitrogens with zero attached hydrogens (tertiary/aromatic N) is 2. The summed E-state index contributed by atoms with van der Waals surface area (Å²) >= 11 is 0. The summed E-state index contributed by atoms with van der Waals surface area (Å²) in [6.07, 6.45) is 9.37. The molecule has 0 saturated carbocycles. The topological polar surface area (TPSA) is 32.5 Å². The molecule has 3 heteroatoms. The lowest BCUT2D eigenvalue weighted by atomic mass is 9.86. The number of likely N-dealkylation sites (tertiary alicyclic amines) is 2. The van der Waals surface area contributed by atoms with Crippen molar-refractivity contribution in [3.8, 4) is 0 Å². The molecule has 3 nitrogen and oxygen atoms in total. The van der Waals surface area contributed by atoms with Gasteiger partial charge in [0, 0.05) is 18.1 Å². The fourth-order valence-corrected chi connectivity index (χ4v) is 3.90. The van der Waals surface area contributed by atoms with Gasteiger partial charge < -0.3 is 10.6 Å². The van der Waals surface area contributed by atoms with Crippen LogP contribution in [0, 0.1) is 0 Å². The van der Waals surface area contributed by atoms with Crippen LogP contribution in [0.4, 0.5) is 0 Å². The first kappa shape index (κ1) is 14.3. The Labute approximate surface area is 113 Å². The first-order chi connectivity index (χ1) is 8.68. The van der Waals surface area contributed by atoms with Crippen molar-refractivity contribution in [2.45, 2.75) is 63.5 Å². The number of hydrogen-bond donors (Lipinski definition) is 1. The smallest absolute Gasteiger partial charge is 0.0347 e. The van der Waals surface area contributed by atoms with Gasteiger partial charge in [0.2, 0.25) is 0 Å². The van der Waals surface area contributed by atoms with Crippen LogP contribution in [-0.2, 0) is 0 Å². The summed E-state index contributed by atoms with van der Waals surface area (Å²) in [5.74, 6) is 0. The molecular formula is C15H31N3. The van der Waals surface area contributed by atoms with E-state index in [1.165, 1.54) is 64.6 Å². The molecular weight excluding hydrogens is 222 g/mol. The Balaban J connectivity index is 2.13. The van der Waals surface area contributed by atoms with Gasteiger partial charge in [0.15, 0.2) is 0 Å². The van der Waals surface area contributed by atoms with E-state index in [1.54, 1.807) is 0 Å². The van der Waals surface area contributed by atoms with E-state index >= 15 is 0 Å². The maximum Gasteiger partial charge on any atom is 0.0347 e. The van der Waals surface area contributed by atoms with Gasteiger partial charge in [-0.3, -0.25) is 4.90 Å². The van der Waals surface area contributed by atoms with E-state index in [1.807, 2.05) is 0 Å². The molecule has 2 saturated heterocycles. The molecule has 2 heterocycles. The predicted octanol–water partition coefficient (Wildman–Crippen LogP) is 2.06. The van der Waals surface area contributed by atoms with Gasteiger partial charge in [-0.1, -0.05) is 12.8 Å². The standard InChI is InChI=1S/C15H31N3/c1-14-7-4-3-5-11-18(14)15(13-16)8-6-10-17(2)12-9-15/h14H,3-13,16H2,1-2H3. The Morgan fingerprint density at radius 2 is 1.89 bits per heavy atom. The highest BCUT2D eigenvalue weighted by Crippen LogP contribution is 2.32. The highest BCUT2D eigenvalue weighted by molar-refractivity contribution is 4.96. The minimum atomic E-state index is 0.286. The Hall–Kier alpha value is -0.120. The predicted molar refractivity (Wildman–Crippen MR) is 77.8 cm³/mol. The summed E-state index contributed by atoms with van der Waals surface area (Å²) in [6.45, 7) is 6.97. The minimum Gasteiger partial charge on any atom is -0.329 e. The van der Waals surface area contributed by atoms with Crippen molar-refractivity contribution >= 4 is 0 Å². The molecule has 0 spiro atoms. The van der Waals surface area contributed by atoms with Crippen LogP contribution >= 0.6 is 0 Å². The Morgan fingerprint density at radius 1 is 1.06 bits per heavy atom. The molecule has 0 amide bonds. The zero-order chi connectivity index (χ0) is 13.0. The average molecular weight is 253 g/mol. The molecule has 106 valence electrons. The van der Waals surface area contributed by atoms with Gasteiger partial charge in [-0.2, -0.15) is 0 Å². The highest BCUT2D eigenvalue weighted by Gasteiger charge is 2.39. The molecule has 2 aliphatic rings. The quantitative estimate of drug-likeness (QED) is 0.817. The van der Waals surface area contributed by atoms with Gasteiger partial charge in [0.05, 0.1) is 0 Å². The van der Waals surface area contributed by atoms with E-state index in [2.05, 4.69) is 23.8 Å². The molecule has 0 aromatic rings. The summed E-state index contributed by atoms with van der Waals surface area (Å²) in [4.78, 5) is 5.25. The summed E-state index contributed by atoms with van der Waals surface area (Å²) in [6, 6.07) is 0.722. The van der Waals surface area contributed by atoms with E-state index < -0.39 is 0 Å². The molecule has 0 radical (unpaired) electrons. The zero-order valence-electron chi connectivity index (χ0n) is 12.3. The number of rotatable bonds is 2. The average Bonchev–Trinajstić information content (AvgIpc) is 2.69. The number of nitrogens with two attached hydrogens (primary N) is 1. The van der Waals surface area contributed by atoms with Crippen molar-refractivity contribution < 1.29 is 0 Å². The fraction of sp³-hybridized carbons (Fsp3) is 1.00. The molecule has 0 aromatic carbocycles. The van der Waals surface area contributed by atoms with Crippen molar-refractivity contribution in [2.24, 2.45) is 5.73 Å². The fourth-order valence-electron chi connectivity index (χ4n) is 3.90. The zero-order valence-corrected chi connectivity index (χ0v) is 12.3. The van der Waals surface area contributed by atoms with Crippen molar-refractivity contribution in [3.05, 3.63) is 0 Å². The van der Waals surface area contributed by atoms with E-state index in [0.717, 1.165) is 12.6 Å². The molecule has 2 aliphatic heterocycles. The van der Waals surface area contributed by atoms with Crippen molar-refractivity contribution in [1.29, 1.82) is 0 Å². The lowest BCUT2D eigenvalue weighted by Crippen LogP contribution is -2.57. The highest BCUT2D eigenvalue weighted by atomic mass is 15.2. The molecule has 2 atom stereocenters. The third kappa shape index (κ3) is 3.06. The normalized spacial score (nSPS) is 37.2. The largest absolute Gasteiger partial charge is 0.329 e. The SMILES string of the molecule is CC1CCCCCN1C1(CN)CCCN(C)CC1. The molecule has 2 unspecified atom stereocenters. The maximum atomic E-state index is 6.24. The Morgan fingerprint density at radius 3 is 2.67 bits per heavy atom. The maximum absolute atomic E-state index is 6.24. The van der Waals surface area contributed by atoms with Crippen molar-refractivity contribution in [2.75, 3.05) is 33.2 Å². The molecule has 2 fully saturated rings. The van der Waals surface area contributed by atoms with Crippen molar-refractivity contribution in [3.63, 3.8) is 0 Å². The first-order valence-corrected chi connectivity index (χ1v) is 7.83. The molecule has 2 rings (SSSR count). The van der Waals surface area contributed by atoms with Gasteiger partial charge in [0.25, 0.3) is 0 Å². The van der Waals surface area contributed by atoms with Gasteiger partial charge in [-0.05, 0) is 65.7 Å². The summed E-state index contributed by atoms with van der Waals surface area (Å²) in [5, 5.41) is 0. The Bertz CT molecular complexity index is 256. The van der Waals surface area contributed by atoms with Gasteiger partial charge in [0.1, 0.15) is 0 Å². The van der Waals surface area contributed by atoms with Crippen LogP contribution in [0.25, 0.3) is 0 Å². The third-order valence-corrected chi connectivity index (χ3v) is 5.18. The molecule has 0 aliphatic carbocycles. The van der Waals surface area contributed by atoms with Crippen LogP contribution in [0.15, 0.2) is 0 Å². The van der Waals surface area contributed by atoms with Crippen LogP contribution in [0.1, 0.15) is 51.9 Å². The van der Waals surface area contributed by atoms with Crippen LogP contribution in [0.3, 0.4) is 0 Å².